The molecule has 8 nitrogen and oxygen atoms in total. The highest BCUT2D eigenvalue weighted by Gasteiger charge is 2.33. The van der Waals surface area contributed by atoms with Crippen molar-refractivity contribution in [2.24, 2.45) is 0 Å². The SMILES string of the molecule is O=C(Nc1ccc2c(c1)N(C(=O)C1CCCO1)CC2)c1cc([N+](=O)[O-])ccc1Cl. The number of benzene rings is 2. The zero-order valence-electron chi connectivity index (χ0n) is 15.4. The van der Waals surface area contributed by atoms with Gasteiger partial charge in [0, 0.05) is 36.7 Å². The first-order chi connectivity index (χ1) is 13.9. The average Bonchev–Trinajstić information content (AvgIpc) is 3.37. The number of nitrogens with one attached hydrogen (secondary N) is 1. The summed E-state index contributed by atoms with van der Waals surface area (Å²) in [5, 5.41) is 13.8. The lowest BCUT2D eigenvalue weighted by Gasteiger charge is -2.21. The van der Waals surface area contributed by atoms with Gasteiger partial charge in [0.15, 0.2) is 0 Å². The second-order valence-corrected chi connectivity index (χ2v) is 7.37. The van der Waals surface area contributed by atoms with E-state index in [0.29, 0.717) is 25.3 Å². The van der Waals surface area contributed by atoms with Gasteiger partial charge in [-0.1, -0.05) is 17.7 Å². The lowest BCUT2D eigenvalue weighted by molar-refractivity contribution is -0.384. The third-order valence-corrected chi connectivity index (χ3v) is 5.44. The number of fused-ring (bicyclic) bond motifs is 1. The zero-order valence-corrected chi connectivity index (χ0v) is 16.1. The van der Waals surface area contributed by atoms with E-state index in [-0.39, 0.29) is 22.2 Å². The molecular weight excluding hydrogens is 398 g/mol. The van der Waals surface area contributed by atoms with Crippen molar-refractivity contribution in [2.45, 2.75) is 25.4 Å². The number of anilines is 2. The van der Waals surface area contributed by atoms with Crippen molar-refractivity contribution in [3.05, 3.63) is 62.7 Å². The van der Waals surface area contributed by atoms with Gasteiger partial charge in [-0.15, -0.1) is 0 Å². The Kier molecular flexibility index (Phi) is 5.21. The summed E-state index contributed by atoms with van der Waals surface area (Å²) >= 11 is 6.04. The number of carbonyl (C=O) groups excluding carboxylic acids is 2. The van der Waals surface area contributed by atoms with Crippen LogP contribution in [-0.4, -0.2) is 36.0 Å². The molecule has 1 saturated heterocycles. The van der Waals surface area contributed by atoms with Crippen LogP contribution < -0.4 is 10.2 Å². The summed E-state index contributed by atoms with van der Waals surface area (Å²) in [4.78, 5) is 37.4. The minimum atomic E-state index is -0.586. The molecule has 1 unspecified atom stereocenters. The van der Waals surface area contributed by atoms with Crippen molar-refractivity contribution < 1.29 is 19.2 Å². The first-order valence-electron chi connectivity index (χ1n) is 9.25. The normalized spacial score (nSPS) is 17.8. The predicted molar refractivity (Wildman–Crippen MR) is 108 cm³/mol. The summed E-state index contributed by atoms with van der Waals surface area (Å²) in [6.07, 6.45) is 1.91. The summed E-state index contributed by atoms with van der Waals surface area (Å²) < 4.78 is 5.51. The van der Waals surface area contributed by atoms with E-state index >= 15 is 0 Å². The van der Waals surface area contributed by atoms with Crippen LogP contribution in [0.3, 0.4) is 0 Å². The minimum Gasteiger partial charge on any atom is -0.368 e. The van der Waals surface area contributed by atoms with Crippen molar-refractivity contribution in [1.82, 2.24) is 0 Å². The summed E-state index contributed by atoms with van der Waals surface area (Å²) in [5.41, 5.74) is 2.02. The van der Waals surface area contributed by atoms with Crippen LogP contribution in [0.4, 0.5) is 17.1 Å². The van der Waals surface area contributed by atoms with Crippen LogP contribution >= 0.6 is 11.6 Å². The average molecular weight is 416 g/mol. The molecule has 2 aromatic rings. The third-order valence-electron chi connectivity index (χ3n) is 5.12. The molecule has 1 atom stereocenters. The van der Waals surface area contributed by atoms with Gasteiger partial charge < -0.3 is 15.0 Å². The summed E-state index contributed by atoms with van der Waals surface area (Å²) in [7, 11) is 0. The molecule has 2 aliphatic heterocycles. The number of non-ortho nitro benzene ring substituents is 1. The number of nitro benzene ring substituents is 1. The molecule has 4 rings (SSSR count). The van der Waals surface area contributed by atoms with E-state index in [1.807, 2.05) is 6.07 Å². The van der Waals surface area contributed by atoms with Crippen LogP contribution in [0.5, 0.6) is 0 Å². The Balaban J connectivity index is 1.56. The zero-order chi connectivity index (χ0) is 20.5. The molecule has 2 heterocycles. The first-order valence-corrected chi connectivity index (χ1v) is 9.63. The number of hydrogen-bond acceptors (Lipinski definition) is 5. The molecule has 2 aliphatic rings. The molecule has 2 amide bonds. The Labute approximate surface area is 171 Å². The fraction of sp³-hybridized carbons (Fsp3) is 0.300. The molecule has 2 aromatic carbocycles. The lowest BCUT2D eigenvalue weighted by atomic mass is 10.1. The molecule has 0 bridgehead atoms. The van der Waals surface area contributed by atoms with E-state index in [0.717, 1.165) is 30.2 Å². The second-order valence-electron chi connectivity index (χ2n) is 6.96. The molecule has 0 radical (unpaired) electrons. The smallest absolute Gasteiger partial charge is 0.270 e. The van der Waals surface area contributed by atoms with Gasteiger partial charge >= 0.3 is 0 Å². The van der Waals surface area contributed by atoms with Gasteiger partial charge in [0.25, 0.3) is 17.5 Å². The molecule has 1 N–H and O–H groups in total. The van der Waals surface area contributed by atoms with Crippen molar-refractivity contribution in [1.29, 1.82) is 0 Å². The Morgan fingerprint density at radius 2 is 2.07 bits per heavy atom. The quantitative estimate of drug-likeness (QED) is 0.607. The third kappa shape index (κ3) is 3.81. The number of amides is 2. The number of carbonyl (C=O) groups is 2. The topological polar surface area (TPSA) is 102 Å². The number of halogens is 1. The first kappa shape index (κ1) is 19.4. The standard InChI is InChI=1S/C20H18ClN3O5/c21-16-6-5-14(24(27)28)11-15(16)19(25)22-13-4-3-12-7-8-23(17(12)10-13)20(26)18-2-1-9-29-18/h3-6,10-11,18H,1-2,7-9H2,(H,22,25). The van der Waals surface area contributed by atoms with E-state index < -0.39 is 16.9 Å². The van der Waals surface area contributed by atoms with Gasteiger partial charge in [0.1, 0.15) is 6.10 Å². The van der Waals surface area contributed by atoms with Crippen LogP contribution in [-0.2, 0) is 16.0 Å². The van der Waals surface area contributed by atoms with Gasteiger partial charge in [-0.3, -0.25) is 19.7 Å². The number of hydrogen-bond donors (Lipinski definition) is 1. The van der Waals surface area contributed by atoms with E-state index in [1.54, 1.807) is 17.0 Å². The maximum absolute atomic E-state index is 12.7. The molecule has 0 aliphatic carbocycles. The van der Waals surface area contributed by atoms with Gasteiger partial charge in [-0.25, -0.2) is 0 Å². The Morgan fingerprint density at radius 3 is 2.79 bits per heavy atom. The molecule has 150 valence electrons. The van der Waals surface area contributed by atoms with E-state index in [1.165, 1.54) is 12.1 Å². The fourth-order valence-corrected chi connectivity index (χ4v) is 3.83. The number of rotatable bonds is 4. The molecular formula is C20H18ClN3O5. The molecule has 0 saturated carbocycles. The fourth-order valence-electron chi connectivity index (χ4n) is 3.63. The van der Waals surface area contributed by atoms with Crippen LogP contribution in [0.2, 0.25) is 5.02 Å². The van der Waals surface area contributed by atoms with Gasteiger partial charge in [-0.2, -0.15) is 0 Å². The monoisotopic (exact) mass is 415 g/mol. The van der Waals surface area contributed by atoms with Crippen LogP contribution in [0, 0.1) is 10.1 Å². The Bertz CT molecular complexity index is 1000. The largest absolute Gasteiger partial charge is 0.368 e. The highest BCUT2D eigenvalue weighted by atomic mass is 35.5. The number of ether oxygens (including phenoxy) is 1. The van der Waals surface area contributed by atoms with E-state index in [2.05, 4.69) is 5.32 Å². The van der Waals surface area contributed by atoms with E-state index in [4.69, 9.17) is 16.3 Å². The summed E-state index contributed by atoms with van der Waals surface area (Å²) in [5.74, 6) is -0.625. The van der Waals surface area contributed by atoms with Gasteiger partial charge in [-0.05, 0) is 43.0 Å². The van der Waals surface area contributed by atoms with Crippen molar-refractivity contribution in [2.75, 3.05) is 23.4 Å². The molecule has 0 aromatic heterocycles. The van der Waals surface area contributed by atoms with Crippen molar-refractivity contribution >= 4 is 40.5 Å². The number of nitro groups is 1. The molecule has 1 fully saturated rings. The summed E-state index contributed by atoms with van der Waals surface area (Å²) in [6.45, 7) is 1.17. The van der Waals surface area contributed by atoms with Crippen LogP contribution in [0.1, 0.15) is 28.8 Å². The predicted octanol–water partition coefficient (Wildman–Crippen LogP) is 3.57. The lowest BCUT2D eigenvalue weighted by Crippen LogP contribution is -2.37. The summed E-state index contributed by atoms with van der Waals surface area (Å²) in [6, 6.07) is 9.03. The van der Waals surface area contributed by atoms with E-state index in [9.17, 15) is 19.7 Å². The maximum Gasteiger partial charge on any atom is 0.270 e. The highest BCUT2D eigenvalue weighted by Crippen LogP contribution is 2.33. The Hall–Kier alpha value is -2.97. The second kappa shape index (κ2) is 7.81. The van der Waals surface area contributed by atoms with Gasteiger partial charge in [0.2, 0.25) is 0 Å². The van der Waals surface area contributed by atoms with Crippen molar-refractivity contribution in [3.63, 3.8) is 0 Å². The number of nitrogens with zero attached hydrogens (tertiary/aromatic N) is 2. The maximum atomic E-state index is 12.7. The van der Waals surface area contributed by atoms with Crippen molar-refractivity contribution in [3.8, 4) is 0 Å². The molecule has 29 heavy (non-hydrogen) atoms. The molecule has 0 spiro atoms. The Morgan fingerprint density at radius 1 is 1.24 bits per heavy atom. The molecule has 9 heteroatoms. The van der Waals surface area contributed by atoms with Gasteiger partial charge in [0.05, 0.1) is 15.5 Å². The van der Waals surface area contributed by atoms with Crippen LogP contribution in [0.25, 0.3) is 0 Å². The minimum absolute atomic E-state index is 0.00801. The highest BCUT2D eigenvalue weighted by molar-refractivity contribution is 6.34. The van der Waals surface area contributed by atoms with Crippen LogP contribution in [0.15, 0.2) is 36.4 Å².